The van der Waals surface area contributed by atoms with Crippen molar-refractivity contribution >= 4 is 0 Å². The van der Waals surface area contributed by atoms with Crippen LogP contribution in [0.1, 0.15) is 30.2 Å². The molecule has 2 heteroatoms. The molecule has 78 valence electrons. The highest BCUT2D eigenvalue weighted by Crippen LogP contribution is 2.31. The molecule has 1 unspecified atom stereocenters. The zero-order valence-electron chi connectivity index (χ0n) is 8.70. The fourth-order valence-electron chi connectivity index (χ4n) is 2.40. The van der Waals surface area contributed by atoms with Crippen molar-refractivity contribution in [2.75, 3.05) is 6.54 Å². The highest BCUT2D eigenvalue weighted by molar-refractivity contribution is 5.38. The number of furan rings is 1. The van der Waals surface area contributed by atoms with Crippen LogP contribution in [0.2, 0.25) is 0 Å². The van der Waals surface area contributed by atoms with Crippen LogP contribution in [0, 0.1) is 0 Å². The van der Waals surface area contributed by atoms with Crippen LogP contribution in [0.25, 0.3) is 0 Å². The molecule has 2 aliphatic rings. The monoisotopic (exact) mass is 201 g/mol. The quantitative estimate of drug-likeness (QED) is 0.755. The average Bonchev–Trinajstić information content (AvgIpc) is 2.78. The smallest absolute Gasteiger partial charge is 0.110 e. The summed E-state index contributed by atoms with van der Waals surface area (Å²) in [5, 5.41) is 3.55. The van der Waals surface area contributed by atoms with Gasteiger partial charge in [0.2, 0.25) is 0 Å². The van der Waals surface area contributed by atoms with Crippen LogP contribution in [-0.4, -0.2) is 6.54 Å². The van der Waals surface area contributed by atoms with E-state index in [2.05, 4.69) is 29.6 Å². The van der Waals surface area contributed by atoms with Crippen molar-refractivity contribution < 1.29 is 4.42 Å². The highest BCUT2D eigenvalue weighted by Gasteiger charge is 2.24. The van der Waals surface area contributed by atoms with Crippen molar-refractivity contribution in [2.45, 2.75) is 25.3 Å². The fourth-order valence-corrected chi connectivity index (χ4v) is 2.40. The van der Waals surface area contributed by atoms with Gasteiger partial charge >= 0.3 is 0 Å². The summed E-state index contributed by atoms with van der Waals surface area (Å²) in [6.07, 6.45) is 12.0. The van der Waals surface area contributed by atoms with Gasteiger partial charge in [0.15, 0.2) is 0 Å². The van der Waals surface area contributed by atoms with Crippen LogP contribution in [0.3, 0.4) is 0 Å². The molecule has 0 saturated heterocycles. The maximum absolute atomic E-state index is 5.49. The first-order valence-electron chi connectivity index (χ1n) is 5.61. The summed E-state index contributed by atoms with van der Waals surface area (Å²) in [5.41, 5.74) is 2.71. The number of fused-ring (bicyclic) bond motifs is 1. The van der Waals surface area contributed by atoms with E-state index < -0.39 is 0 Å². The Morgan fingerprint density at radius 3 is 3.20 bits per heavy atom. The lowest BCUT2D eigenvalue weighted by molar-refractivity contribution is 0.455. The number of allylic oxidation sites excluding steroid dienone is 2. The fraction of sp³-hybridized carbons (Fsp3) is 0.385. The van der Waals surface area contributed by atoms with Gasteiger partial charge < -0.3 is 9.73 Å². The summed E-state index contributed by atoms with van der Waals surface area (Å²) in [4.78, 5) is 0. The van der Waals surface area contributed by atoms with Gasteiger partial charge in [-0.25, -0.2) is 0 Å². The van der Waals surface area contributed by atoms with Crippen molar-refractivity contribution in [3.8, 4) is 0 Å². The largest absolute Gasteiger partial charge is 0.469 e. The number of hydrogen-bond donors (Lipinski definition) is 1. The average molecular weight is 201 g/mol. The minimum Gasteiger partial charge on any atom is -0.469 e. The molecule has 0 aromatic carbocycles. The van der Waals surface area contributed by atoms with Gasteiger partial charge in [-0.15, -0.1) is 0 Å². The molecule has 2 heterocycles. The van der Waals surface area contributed by atoms with Gasteiger partial charge in [-0.05, 0) is 24.5 Å². The summed E-state index contributed by atoms with van der Waals surface area (Å²) in [7, 11) is 0. The van der Waals surface area contributed by atoms with Gasteiger partial charge in [-0.3, -0.25) is 0 Å². The Balaban J connectivity index is 1.95. The Labute approximate surface area is 89.7 Å². The van der Waals surface area contributed by atoms with Crippen molar-refractivity contribution in [3.05, 3.63) is 47.5 Å². The van der Waals surface area contributed by atoms with Crippen molar-refractivity contribution in [1.82, 2.24) is 5.32 Å². The topological polar surface area (TPSA) is 25.2 Å². The molecule has 0 radical (unpaired) electrons. The molecule has 3 rings (SSSR count). The van der Waals surface area contributed by atoms with Crippen LogP contribution in [0.4, 0.5) is 0 Å². The van der Waals surface area contributed by atoms with E-state index in [0.717, 1.165) is 25.1 Å². The lowest BCUT2D eigenvalue weighted by Crippen LogP contribution is -2.30. The molecule has 1 atom stereocenters. The molecule has 1 aromatic rings. The third kappa shape index (κ3) is 1.55. The Kier molecular flexibility index (Phi) is 2.22. The van der Waals surface area contributed by atoms with E-state index in [4.69, 9.17) is 4.42 Å². The van der Waals surface area contributed by atoms with Crippen molar-refractivity contribution in [1.29, 1.82) is 0 Å². The Bertz CT molecular complexity index is 414. The van der Waals surface area contributed by atoms with Gasteiger partial charge in [0.1, 0.15) is 5.76 Å². The Morgan fingerprint density at radius 2 is 2.33 bits per heavy atom. The molecule has 0 spiro atoms. The van der Waals surface area contributed by atoms with E-state index in [9.17, 15) is 0 Å². The molecule has 0 amide bonds. The molecule has 15 heavy (non-hydrogen) atoms. The molecule has 1 aliphatic heterocycles. The second-order valence-corrected chi connectivity index (χ2v) is 4.12. The van der Waals surface area contributed by atoms with E-state index in [1.807, 2.05) is 0 Å². The van der Waals surface area contributed by atoms with E-state index in [0.29, 0.717) is 6.04 Å². The molecular formula is C13H15NO. The lowest BCUT2D eigenvalue weighted by Gasteiger charge is -2.25. The number of hydrogen-bond acceptors (Lipinski definition) is 2. The zero-order chi connectivity index (χ0) is 10.1. The summed E-state index contributed by atoms with van der Waals surface area (Å²) < 4.78 is 5.49. The maximum atomic E-state index is 5.49. The summed E-state index contributed by atoms with van der Waals surface area (Å²) in [6, 6.07) is 2.44. The van der Waals surface area contributed by atoms with E-state index >= 15 is 0 Å². The van der Waals surface area contributed by atoms with Crippen LogP contribution in [-0.2, 0) is 6.42 Å². The summed E-state index contributed by atoms with van der Waals surface area (Å²) in [6.45, 7) is 1.01. The summed E-state index contributed by atoms with van der Waals surface area (Å²) >= 11 is 0. The van der Waals surface area contributed by atoms with Crippen LogP contribution in [0.15, 0.2) is 40.5 Å². The molecule has 1 N–H and O–H groups in total. The van der Waals surface area contributed by atoms with Gasteiger partial charge in [-0.1, -0.05) is 18.2 Å². The second kappa shape index (κ2) is 3.70. The zero-order valence-corrected chi connectivity index (χ0v) is 8.70. The van der Waals surface area contributed by atoms with Gasteiger partial charge in [0, 0.05) is 18.5 Å². The molecule has 1 aliphatic carbocycles. The van der Waals surface area contributed by atoms with Crippen molar-refractivity contribution in [3.63, 3.8) is 0 Å². The maximum Gasteiger partial charge on any atom is 0.110 e. The van der Waals surface area contributed by atoms with Gasteiger partial charge in [0.25, 0.3) is 0 Å². The molecule has 0 saturated carbocycles. The third-order valence-electron chi connectivity index (χ3n) is 3.15. The first kappa shape index (κ1) is 8.98. The second-order valence-electron chi connectivity index (χ2n) is 4.12. The predicted molar refractivity (Wildman–Crippen MR) is 59.6 cm³/mol. The van der Waals surface area contributed by atoms with Crippen LogP contribution < -0.4 is 5.32 Å². The number of rotatable bonds is 1. The molecule has 0 bridgehead atoms. The predicted octanol–water partition coefficient (Wildman–Crippen LogP) is 2.74. The third-order valence-corrected chi connectivity index (χ3v) is 3.15. The molecule has 2 nitrogen and oxygen atoms in total. The van der Waals surface area contributed by atoms with E-state index in [1.165, 1.54) is 17.6 Å². The van der Waals surface area contributed by atoms with Gasteiger partial charge in [0.05, 0.1) is 12.3 Å². The first-order chi connectivity index (χ1) is 7.45. The number of nitrogens with one attached hydrogen (secondary N) is 1. The molecule has 1 aromatic heterocycles. The van der Waals surface area contributed by atoms with E-state index in [-0.39, 0.29) is 0 Å². The highest BCUT2D eigenvalue weighted by atomic mass is 16.3. The Hall–Kier alpha value is -1.28. The SMILES string of the molecule is C1=CC(C2NCCc3occc32)=CCC1. The van der Waals surface area contributed by atoms with E-state index in [1.54, 1.807) is 6.26 Å². The molecule has 0 fully saturated rings. The molecular weight excluding hydrogens is 186 g/mol. The standard InChI is InChI=1S/C13H15NO/c1-2-4-10(5-3-1)13-11-7-9-15-12(11)6-8-14-13/h2,4-5,7,9,13-14H,1,3,6,8H2. The van der Waals surface area contributed by atoms with Crippen molar-refractivity contribution in [2.24, 2.45) is 0 Å². The van der Waals surface area contributed by atoms with Gasteiger partial charge in [-0.2, -0.15) is 0 Å². The summed E-state index contributed by atoms with van der Waals surface area (Å²) in [5.74, 6) is 1.15. The normalized spacial score (nSPS) is 24.8. The minimum atomic E-state index is 0.351. The Morgan fingerprint density at radius 1 is 1.33 bits per heavy atom. The van der Waals surface area contributed by atoms with Crippen LogP contribution in [0.5, 0.6) is 0 Å². The first-order valence-corrected chi connectivity index (χ1v) is 5.61. The van der Waals surface area contributed by atoms with Crippen LogP contribution >= 0.6 is 0 Å². The lowest BCUT2D eigenvalue weighted by atomic mass is 9.92. The minimum absolute atomic E-state index is 0.351.